The zero-order valence-corrected chi connectivity index (χ0v) is 13.1. The molecule has 5 heteroatoms. The minimum absolute atomic E-state index is 0.559. The van der Waals surface area contributed by atoms with Crippen molar-refractivity contribution in [2.24, 2.45) is 0 Å². The highest BCUT2D eigenvalue weighted by molar-refractivity contribution is 9.10. The van der Waals surface area contributed by atoms with Crippen LogP contribution in [0.5, 0.6) is 11.5 Å². The van der Waals surface area contributed by atoms with Crippen molar-refractivity contribution in [2.75, 3.05) is 7.11 Å². The van der Waals surface area contributed by atoms with Gasteiger partial charge in [0.1, 0.15) is 18.1 Å². The Hall–Kier alpha value is -0.520. The van der Waals surface area contributed by atoms with E-state index in [1.807, 2.05) is 29.6 Å². The molecule has 0 aliphatic rings. The Morgan fingerprint density at radius 1 is 1.18 bits per heavy atom. The second-order valence-electron chi connectivity index (χ2n) is 3.28. The Labute approximate surface area is 121 Å². The molecule has 0 spiro atoms. The van der Waals surface area contributed by atoms with Gasteiger partial charge in [-0.1, -0.05) is 0 Å². The second kappa shape index (κ2) is 5.89. The van der Waals surface area contributed by atoms with Gasteiger partial charge in [-0.2, -0.15) is 0 Å². The molecule has 0 saturated heterocycles. The fourth-order valence-electron chi connectivity index (χ4n) is 1.30. The van der Waals surface area contributed by atoms with E-state index in [-0.39, 0.29) is 0 Å². The molecule has 0 bridgehead atoms. The van der Waals surface area contributed by atoms with Gasteiger partial charge in [-0.15, -0.1) is 11.3 Å². The van der Waals surface area contributed by atoms with Crippen LogP contribution in [0.15, 0.2) is 38.6 Å². The maximum absolute atomic E-state index is 5.74. The number of ether oxygens (including phenoxy) is 2. The molecule has 0 atom stereocenters. The summed E-state index contributed by atoms with van der Waals surface area (Å²) >= 11 is 8.61. The van der Waals surface area contributed by atoms with Crippen LogP contribution >= 0.6 is 43.2 Å². The number of methoxy groups -OCH3 is 1. The van der Waals surface area contributed by atoms with Gasteiger partial charge in [0.2, 0.25) is 0 Å². The number of hydrogen-bond donors (Lipinski definition) is 0. The van der Waals surface area contributed by atoms with Crippen LogP contribution in [0.4, 0.5) is 0 Å². The van der Waals surface area contributed by atoms with Gasteiger partial charge in [-0.3, -0.25) is 0 Å². The van der Waals surface area contributed by atoms with E-state index in [9.17, 15) is 0 Å². The van der Waals surface area contributed by atoms with Crippen molar-refractivity contribution < 1.29 is 9.47 Å². The fourth-order valence-corrected chi connectivity index (χ4v) is 3.15. The summed E-state index contributed by atoms with van der Waals surface area (Å²) in [6.07, 6.45) is 0. The minimum Gasteiger partial charge on any atom is -0.497 e. The molecule has 1 aromatic carbocycles. The van der Waals surface area contributed by atoms with Gasteiger partial charge in [0, 0.05) is 4.47 Å². The van der Waals surface area contributed by atoms with E-state index in [2.05, 4.69) is 31.9 Å². The van der Waals surface area contributed by atoms with Crippen LogP contribution in [0, 0.1) is 0 Å². The lowest BCUT2D eigenvalue weighted by Crippen LogP contribution is -1.94. The zero-order chi connectivity index (χ0) is 12.3. The predicted octanol–water partition coefficient (Wildman–Crippen LogP) is 4.86. The van der Waals surface area contributed by atoms with E-state index in [1.165, 1.54) is 4.88 Å². The molecule has 1 aromatic heterocycles. The second-order valence-corrected chi connectivity index (χ2v) is 5.99. The topological polar surface area (TPSA) is 18.5 Å². The number of hydrogen-bond acceptors (Lipinski definition) is 3. The number of rotatable bonds is 4. The van der Waals surface area contributed by atoms with Crippen LogP contribution in [-0.2, 0) is 6.61 Å². The summed E-state index contributed by atoms with van der Waals surface area (Å²) in [6, 6.07) is 7.68. The van der Waals surface area contributed by atoms with Gasteiger partial charge in [0.15, 0.2) is 0 Å². The maximum Gasteiger partial charge on any atom is 0.134 e. The molecule has 0 saturated carbocycles. The predicted molar refractivity (Wildman–Crippen MR) is 77.0 cm³/mol. The first-order chi connectivity index (χ1) is 8.20. The van der Waals surface area contributed by atoms with Crippen molar-refractivity contribution in [3.63, 3.8) is 0 Å². The quantitative estimate of drug-likeness (QED) is 0.757. The SMILES string of the molecule is COc1ccc(OCc2sccc2Br)c(Br)c1. The molecule has 0 amide bonds. The lowest BCUT2D eigenvalue weighted by atomic mass is 10.3. The Bertz CT molecular complexity index is 511. The van der Waals surface area contributed by atoms with Crippen molar-refractivity contribution in [2.45, 2.75) is 6.61 Å². The summed E-state index contributed by atoms with van der Waals surface area (Å²) in [5, 5.41) is 2.03. The van der Waals surface area contributed by atoms with E-state index in [4.69, 9.17) is 9.47 Å². The van der Waals surface area contributed by atoms with Crippen molar-refractivity contribution in [3.05, 3.63) is 43.5 Å². The van der Waals surface area contributed by atoms with Gasteiger partial charge in [-0.05, 0) is 61.5 Å². The number of thiophene rings is 1. The summed E-state index contributed by atoms with van der Waals surface area (Å²) in [7, 11) is 1.64. The molecule has 90 valence electrons. The summed E-state index contributed by atoms with van der Waals surface area (Å²) in [6.45, 7) is 0.559. The third-order valence-corrected chi connectivity index (χ3v) is 4.71. The molecule has 0 N–H and O–H groups in total. The Morgan fingerprint density at radius 3 is 2.59 bits per heavy atom. The lowest BCUT2D eigenvalue weighted by Gasteiger charge is -2.08. The lowest BCUT2D eigenvalue weighted by molar-refractivity contribution is 0.306. The molecule has 17 heavy (non-hydrogen) atoms. The first kappa shape index (κ1) is 12.9. The highest BCUT2D eigenvalue weighted by atomic mass is 79.9. The van der Waals surface area contributed by atoms with Gasteiger partial charge in [0.05, 0.1) is 16.5 Å². The van der Waals surface area contributed by atoms with E-state index in [0.717, 1.165) is 20.4 Å². The first-order valence-electron chi connectivity index (χ1n) is 4.89. The van der Waals surface area contributed by atoms with E-state index in [1.54, 1.807) is 18.4 Å². The summed E-state index contributed by atoms with van der Waals surface area (Å²) in [5.74, 6) is 1.62. The van der Waals surface area contributed by atoms with Crippen LogP contribution in [0.25, 0.3) is 0 Å². The summed E-state index contributed by atoms with van der Waals surface area (Å²) in [4.78, 5) is 1.17. The monoisotopic (exact) mass is 376 g/mol. The Morgan fingerprint density at radius 2 is 2.00 bits per heavy atom. The maximum atomic E-state index is 5.74. The van der Waals surface area contributed by atoms with Crippen LogP contribution in [0.1, 0.15) is 4.88 Å². The molecular weight excluding hydrogens is 368 g/mol. The molecule has 0 fully saturated rings. The first-order valence-corrected chi connectivity index (χ1v) is 7.35. The van der Waals surface area contributed by atoms with Gasteiger partial charge < -0.3 is 9.47 Å². The highest BCUT2D eigenvalue weighted by Crippen LogP contribution is 2.31. The van der Waals surface area contributed by atoms with E-state index < -0.39 is 0 Å². The van der Waals surface area contributed by atoms with Crippen molar-refractivity contribution >= 4 is 43.2 Å². The normalized spacial score (nSPS) is 10.3. The van der Waals surface area contributed by atoms with Gasteiger partial charge in [0.25, 0.3) is 0 Å². The number of halogens is 2. The molecule has 0 unspecified atom stereocenters. The smallest absolute Gasteiger partial charge is 0.134 e. The molecule has 0 radical (unpaired) electrons. The summed E-state index contributed by atoms with van der Waals surface area (Å²) < 4.78 is 12.9. The summed E-state index contributed by atoms with van der Waals surface area (Å²) in [5.41, 5.74) is 0. The van der Waals surface area contributed by atoms with E-state index >= 15 is 0 Å². The average Bonchev–Trinajstić information content (AvgIpc) is 2.73. The zero-order valence-electron chi connectivity index (χ0n) is 9.07. The standard InChI is InChI=1S/C12H10Br2O2S/c1-15-8-2-3-11(10(14)6-8)16-7-12-9(13)4-5-17-12/h2-6H,7H2,1H3. The van der Waals surface area contributed by atoms with Gasteiger partial charge in [-0.25, -0.2) is 0 Å². The van der Waals surface area contributed by atoms with Crippen LogP contribution < -0.4 is 9.47 Å². The Balaban J connectivity index is 2.07. The molecule has 2 rings (SSSR count). The third kappa shape index (κ3) is 3.24. The van der Waals surface area contributed by atoms with Crippen molar-refractivity contribution in [1.29, 1.82) is 0 Å². The Kier molecular flexibility index (Phi) is 4.48. The van der Waals surface area contributed by atoms with Crippen molar-refractivity contribution in [3.8, 4) is 11.5 Å². The van der Waals surface area contributed by atoms with Crippen LogP contribution in [0.2, 0.25) is 0 Å². The van der Waals surface area contributed by atoms with E-state index in [0.29, 0.717) is 6.61 Å². The average molecular weight is 378 g/mol. The molecule has 1 heterocycles. The number of benzene rings is 1. The molecule has 2 aromatic rings. The molecule has 2 nitrogen and oxygen atoms in total. The third-order valence-electron chi connectivity index (χ3n) is 2.19. The van der Waals surface area contributed by atoms with Crippen molar-refractivity contribution in [1.82, 2.24) is 0 Å². The van der Waals surface area contributed by atoms with Crippen LogP contribution in [-0.4, -0.2) is 7.11 Å². The highest BCUT2D eigenvalue weighted by Gasteiger charge is 2.06. The van der Waals surface area contributed by atoms with Crippen LogP contribution in [0.3, 0.4) is 0 Å². The minimum atomic E-state index is 0.559. The largest absolute Gasteiger partial charge is 0.497 e. The fraction of sp³-hybridized carbons (Fsp3) is 0.167. The molecule has 0 aliphatic carbocycles. The van der Waals surface area contributed by atoms with Gasteiger partial charge >= 0.3 is 0 Å². The molecule has 0 aliphatic heterocycles. The molecular formula is C12H10Br2O2S.